The molecular formula is C18H20FN5O4. The minimum absolute atomic E-state index is 0.147. The molecule has 0 saturated carbocycles. The fraction of sp³-hybridized carbons (Fsp3) is 0.333. The van der Waals surface area contributed by atoms with E-state index >= 15 is 0 Å². The Balaban J connectivity index is 1.58. The van der Waals surface area contributed by atoms with Crippen molar-refractivity contribution in [3.05, 3.63) is 57.2 Å². The topological polar surface area (TPSA) is 100 Å². The van der Waals surface area contributed by atoms with E-state index in [1.165, 1.54) is 34.6 Å². The summed E-state index contributed by atoms with van der Waals surface area (Å²) in [5, 5.41) is 2.62. The smallest absolute Gasteiger partial charge is 0.332 e. The highest BCUT2D eigenvalue weighted by molar-refractivity contribution is 5.76. The molecule has 0 spiro atoms. The molecule has 1 aromatic carbocycles. The quantitative estimate of drug-likeness (QED) is 0.580. The second-order valence-electron chi connectivity index (χ2n) is 6.24. The first-order valence-corrected chi connectivity index (χ1v) is 8.65. The maximum Gasteiger partial charge on any atom is 0.332 e. The molecule has 28 heavy (non-hydrogen) atoms. The molecule has 0 aliphatic heterocycles. The Bertz CT molecular complexity index is 1130. The summed E-state index contributed by atoms with van der Waals surface area (Å²) in [6, 6.07) is 6.05. The third-order valence-electron chi connectivity index (χ3n) is 4.24. The van der Waals surface area contributed by atoms with Gasteiger partial charge in [0.1, 0.15) is 6.54 Å². The molecule has 0 saturated heterocycles. The molecule has 1 N–H and O–H groups in total. The van der Waals surface area contributed by atoms with E-state index in [0.29, 0.717) is 6.42 Å². The van der Waals surface area contributed by atoms with Crippen molar-refractivity contribution < 1.29 is 13.9 Å². The van der Waals surface area contributed by atoms with E-state index in [0.717, 1.165) is 4.57 Å². The number of nitrogens with one attached hydrogen (secondary N) is 1. The fourth-order valence-electron chi connectivity index (χ4n) is 2.78. The predicted octanol–water partition coefficient (Wildman–Crippen LogP) is 0.158. The zero-order valence-electron chi connectivity index (χ0n) is 15.5. The number of nitrogens with zero attached hydrogens (tertiary/aromatic N) is 4. The molecule has 0 unspecified atom stereocenters. The molecule has 0 atom stereocenters. The van der Waals surface area contributed by atoms with E-state index in [2.05, 4.69) is 10.3 Å². The van der Waals surface area contributed by atoms with Crippen LogP contribution in [0.25, 0.3) is 11.2 Å². The van der Waals surface area contributed by atoms with Crippen molar-refractivity contribution in [2.45, 2.75) is 13.0 Å². The zero-order chi connectivity index (χ0) is 20.3. The lowest BCUT2D eigenvalue weighted by Gasteiger charge is -2.10. The van der Waals surface area contributed by atoms with Crippen molar-refractivity contribution in [3.8, 4) is 5.75 Å². The van der Waals surface area contributed by atoms with Crippen LogP contribution in [0.3, 0.4) is 0 Å². The number of carbonyl (C=O) groups is 1. The van der Waals surface area contributed by atoms with Crippen LogP contribution >= 0.6 is 0 Å². The summed E-state index contributed by atoms with van der Waals surface area (Å²) in [4.78, 5) is 41.1. The second-order valence-corrected chi connectivity index (χ2v) is 6.24. The van der Waals surface area contributed by atoms with E-state index in [-0.39, 0.29) is 30.1 Å². The summed E-state index contributed by atoms with van der Waals surface area (Å²) in [6.07, 6.45) is 1.87. The molecular weight excluding hydrogens is 369 g/mol. The number of aromatic nitrogens is 4. The van der Waals surface area contributed by atoms with Crippen LogP contribution in [0.4, 0.5) is 4.39 Å². The Hall–Kier alpha value is -3.43. The maximum atomic E-state index is 13.4. The Morgan fingerprint density at radius 1 is 1.25 bits per heavy atom. The molecule has 3 aromatic rings. The van der Waals surface area contributed by atoms with Crippen molar-refractivity contribution in [1.29, 1.82) is 0 Å². The number of amides is 1. The Labute approximate surface area is 159 Å². The van der Waals surface area contributed by atoms with Crippen molar-refractivity contribution in [2.24, 2.45) is 14.1 Å². The predicted molar refractivity (Wildman–Crippen MR) is 99.7 cm³/mol. The van der Waals surface area contributed by atoms with Crippen LogP contribution in [0, 0.1) is 5.82 Å². The minimum Gasteiger partial charge on any atom is -0.490 e. The maximum absolute atomic E-state index is 13.4. The summed E-state index contributed by atoms with van der Waals surface area (Å²) in [5.74, 6) is -0.785. The number of imidazole rings is 1. The van der Waals surface area contributed by atoms with Gasteiger partial charge in [-0.1, -0.05) is 12.1 Å². The van der Waals surface area contributed by atoms with Crippen molar-refractivity contribution in [2.75, 3.05) is 13.2 Å². The zero-order valence-corrected chi connectivity index (χ0v) is 15.5. The number of benzene rings is 1. The largest absolute Gasteiger partial charge is 0.490 e. The first kappa shape index (κ1) is 19.3. The molecule has 1 amide bonds. The van der Waals surface area contributed by atoms with Crippen LogP contribution in [0.1, 0.15) is 6.42 Å². The molecule has 10 heteroatoms. The molecule has 2 heterocycles. The summed E-state index contributed by atoms with van der Waals surface area (Å²) >= 11 is 0. The molecule has 0 bridgehead atoms. The molecule has 148 valence electrons. The number of aryl methyl sites for hydroxylation is 2. The summed E-state index contributed by atoms with van der Waals surface area (Å²) < 4.78 is 22.3. The van der Waals surface area contributed by atoms with Crippen LogP contribution in [-0.2, 0) is 25.4 Å². The Kier molecular flexibility index (Phi) is 5.57. The average molecular weight is 389 g/mol. The number of ether oxygens (including phenoxy) is 1. The molecule has 9 nitrogen and oxygen atoms in total. The summed E-state index contributed by atoms with van der Waals surface area (Å²) in [7, 11) is 3.13. The normalized spacial score (nSPS) is 11.0. The fourth-order valence-corrected chi connectivity index (χ4v) is 2.78. The average Bonchev–Trinajstić information content (AvgIpc) is 3.06. The molecule has 0 radical (unpaired) electrons. The van der Waals surface area contributed by atoms with Gasteiger partial charge < -0.3 is 14.6 Å². The van der Waals surface area contributed by atoms with Crippen LogP contribution < -0.4 is 21.3 Å². The number of rotatable bonds is 7. The number of hydrogen-bond donors (Lipinski definition) is 1. The van der Waals surface area contributed by atoms with Gasteiger partial charge in [-0.3, -0.25) is 14.2 Å². The van der Waals surface area contributed by atoms with E-state index in [9.17, 15) is 18.8 Å². The van der Waals surface area contributed by atoms with Gasteiger partial charge in [0.2, 0.25) is 5.91 Å². The van der Waals surface area contributed by atoms with Crippen molar-refractivity contribution in [1.82, 2.24) is 24.0 Å². The molecule has 3 rings (SSSR count). The van der Waals surface area contributed by atoms with E-state index < -0.39 is 29.5 Å². The summed E-state index contributed by atoms with van der Waals surface area (Å²) in [6.45, 7) is 0.0704. The highest BCUT2D eigenvalue weighted by atomic mass is 19.1. The third-order valence-corrected chi connectivity index (χ3v) is 4.24. The van der Waals surface area contributed by atoms with Gasteiger partial charge in [-0.15, -0.1) is 0 Å². The SMILES string of the molecule is Cn1cnc2c1c(=O)n(CC(=O)NCCCOc1ccccc1F)c(=O)n2C. The second kappa shape index (κ2) is 8.07. The molecule has 0 aliphatic carbocycles. The van der Waals surface area contributed by atoms with E-state index in [1.54, 1.807) is 19.2 Å². The first-order chi connectivity index (χ1) is 13.4. The number of carbonyl (C=O) groups excluding carboxylic acids is 1. The van der Waals surface area contributed by atoms with Crippen LogP contribution in [0.2, 0.25) is 0 Å². The van der Waals surface area contributed by atoms with E-state index in [1.807, 2.05) is 0 Å². The van der Waals surface area contributed by atoms with Gasteiger partial charge in [0.25, 0.3) is 5.56 Å². The molecule has 0 aliphatic rings. The Morgan fingerprint density at radius 2 is 2.00 bits per heavy atom. The number of para-hydroxylation sites is 1. The Morgan fingerprint density at radius 3 is 2.75 bits per heavy atom. The van der Waals surface area contributed by atoms with Gasteiger partial charge >= 0.3 is 5.69 Å². The van der Waals surface area contributed by atoms with Crippen molar-refractivity contribution in [3.63, 3.8) is 0 Å². The van der Waals surface area contributed by atoms with Crippen LogP contribution in [-0.4, -0.2) is 37.7 Å². The first-order valence-electron chi connectivity index (χ1n) is 8.65. The van der Waals surface area contributed by atoms with Gasteiger partial charge in [0, 0.05) is 20.6 Å². The third kappa shape index (κ3) is 3.80. The monoisotopic (exact) mass is 389 g/mol. The standard InChI is InChI=1S/C18H20FN5O4/c1-22-11-21-16-15(22)17(26)24(18(27)23(16)2)10-14(25)20-8-5-9-28-13-7-4-3-6-12(13)19/h3-4,6-7,11H,5,8-10H2,1-2H3,(H,20,25). The highest BCUT2D eigenvalue weighted by Crippen LogP contribution is 2.15. The van der Waals surface area contributed by atoms with Gasteiger partial charge in [-0.25, -0.2) is 18.7 Å². The van der Waals surface area contributed by atoms with Crippen molar-refractivity contribution >= 4 is 17.1 Å². The van der Waals surface area contributed by atoms with Gasteiger partial charge in [-0.05, 0) is 18.6 Å². The lowest BCUT2D eigenvalue weighted by Crippen LogP contribution is -2.43. The van der Waals surface area contributed by atoms with E-state index in [4.69, 9.17) is 4.74 Å². The van der Waals surface area contributed by atoms with Crippen LogP contribution in [0.15, 0.2) is 40.2 Å². The number of fused-ring (bicyclic) bond motifs is 1. The minimum atomic E-state index is -0.616. The molecule has 2 aromatic heterocycles. The highest BCUT2D eigenvalue weighted by Gasteiger charge is 2.16. The summed E-state index contributed by atoms with van der Waals surface area (Å²) in [5.41, 5.74) is -0.682. The van der Waals surface area contributed by atoms with Gasteiger partial charge in [0.15, 0.2) is 22.7 Å². The molecule has 0 fully saturated rings. The van der Waals surface area contributed by atoms with Gasteiger partial charge in [0.05, 0.1) is 12.9 Å². The lowest BCUT2D eigenvalue weighted by molar-refractivity contribution is -0.121. The number of halogens is 1. The van der Waals surface area contributed by atoms with Gasteiger partial charge in [-0.2, -0.15) is 0 Å². The number of hydrogen-bond acceptors (Lipinski definition) is 5. The van der Waals surface area contributed by atoms with Crippen LogP contribution in [0.5, 0.6) is 5.75 Å². The lowest BCUT2D eigenvalue weighted by atomic mass is 10.3.